The molecule has 5 rings (SSSR count). The Hall–Kier alpha value is -3.68. The van der Waals surface area contributed by atoms with Crippen LogP contribution in [-0.2, 0) is 11.3 Å². The number of hydrogen-bond donors (Lipinski definition) is 1. The van der Waals surface area contributed by atoms with E-state index >= 15 is 0 Å². The van der Waals surface area contributed by atoms with Crippen molar-refractivity contribution in [1.82, 2.24) is 24.6 Å². The molecule has 0 spiro atoms. The summed E-state index contributed by atoms with van der Waals surface area (Å²) >= 11 is 0. The number of allylic oxidation sites excluding steroid dienone is 5. The summed E-state index contributed by atoms with van der Waals surface area (Å²) in [7, 11) is 3.39. The standard InChI is InChI=1S/C28H34N6O2/c1-17(2)20-9-10-21(18(3)14-25(20)35-5)22-8-7-13-34-27(22)31-26(32-34)23-11-12-24(28(30-23)36-6)33-15-19(4)29-16-33/h9-12,14-17,21-22H,7-8,13H2,1-6H3/p+1. The van der Waals surface area contributed by atoms with Gasteiger partial charge < -0.3 is 14.0 Å². The van der Waals surface area contributed by atoms with E-state index in [0.29, 0.717) is 11.8 Å². The molecule has 0 bridgehead atoms. The normalized spacial score (nSPS) is 19.8. The average Bonchev–Trinajstić information content (AvgIpc) is 3.47. The fourth-order valence-corrected chi connectivity index (χ4v) is 5.29. The molecule has 0 aromatic carbocycles. The lowest BCUT2D eigenvalue weighted by molar-refractivity contribution is -0.763. The highest BCUT2D eigenvalue weighted by molar-refractivity contribution is 5.55. The number of fused-ring (bicyclic) bond motifs is 1. The van der Waals surface area contributed by atoms with Crippen molar-refractivity contribution in [1.29, 1.82) is 0 Å². The number of rotatable bonds is 6. The molecule has 0 saturated carbocycles. The Morgan fingerprint density at radius 2 is 1.97 bits per heavy atom. The molecule has 3 aromatic heterocycles. The number of pyridine rings is 1. The Morgan fingerprint density at radius 3 is 2.67 bits per heavy atom. The van der Waals surface area contributed by atoms with Crippen molar-refractivity contribution in [3.8, 4) is 23.1 Å². The van der Waals surface area contributed by atoms with E-state index in [-0.39, 0.29) is 11.8 Å². The number of aromatic nitrogens is 6. The van der Waals surface area contributed by atoms with Crippen molar-refractivity contribution >= 4 is 0 Å². The summed E-state index contributed by atoms with van der Waals surface area (Å²) in [5.41, 5.74) is 5.06. The van der Waals surface area contributed by atoms with Gasteiger partial charge in [-0.15, -0.1) is 0 Å². The molecule has 0 radical (unpaired) electrons. The van der Waals surface area contributed by atoms with Gasteiger partial charge in [0.1, 0.15) is 23.7 Å². The molecule has 1 aliphatic carbocycles. The average molecular weight is 488 g/mol. The molecule has 2 atom stereocenters. The molecule has 1 aliphatic heterocycles. The van der Waals surface area contributed by atoms with Crippen LogP contribution in [0.5, 0.6) is 5.88 Å². The van der Waals surface area contributed by atoms with Gasteiger partial charge in [-0.05, 0) is 61.4 Å². The van der Waals surface area contributed by atoms with Gasteiger partial charge in [0.15, 0.2) is 0 Å². The predicted molar refractivity (Wildman–Crippen MR) is 138 cm³/mol. The Balaban J connectivity index is 1.49. The van der Waals surface area contributed by atoms with E-state index in [2.05, 4.69) is 53.8 Å². The third kappa shape index (κ3) is 4.36. The fourth-order valence-electron chi connectivity index (χ4n) is 5.29. The molecule has 4 heterocycles. The predicted octanol–water partition coefficient (Wildman–Crippen LogP) is 4.83. The molecule has 2 aliphatic rings. The monoisotopic (exact) mass is 487 g/mol. The fraction of sp³-hybridized carbons (Fsp3) is 0.429. The van der Waals surface area contributed by atoms with Gasteiger partial charge in [0.2, 0.25) is 5.88 Å². The van der Waals surface area contributed by atoms with Gasteiger partial charge in [-0.2, -0.15) is 9.78 Å². The summed E-state index contributed by atoms with van der Waals surface area (Å²) < 4.78 is 15.5. The summed E-state index contributed by atoms with van der Waals surface area (Å²) in [6.07, 6.45) is 12.7. The molecule has 8 heteroatoms. The highest BCUT2D eigenvalue weighted by Gasteiger charge is 2.38. The first-order valence-electron chi connectivity index (χ1n) is 12.6. The number of imidazole rings is 1. The van der Waals surface area contributed by atoms with Crippen molar-refractivity contribution in [2.45, 2.75) is 53.0 Å². The van der Waals surface area contributed by atoms with Crippen LogP contribution in [0.1, 0.15) is 51.0 Å². The SMILES string of the molecule is COC1=C(C(C)C)C=CC(C2CCC[n+]3[nH]c(-c4ccc(-n5cnc(C)c5)c(OC)n4)nc32)C(C)=C1. The van der Waals surface area contributed by atoms with Crippen LogP contribution in [0.3, 0.4) is 0 Å². The molecule has 188 valence electrons. The van der Waals surface area contributed by atoms with Crippen LogP contribution in [0.2, 0.25) is 0 Å². The smallest absolute Gasteiger partial charge is 0.323 e. The molecule has 2 unspecified atom stereocenters. The first-order valence-corrected chi connectivity index (χ1v) is 12.6. The number of methoxy groups -OCH3 is 2. The second-order valence-corrected chi connectivity index (χ2v) is 9.93. The first-order chi connectivity index (χ1) is 17.4. The number of aromatic amines is 1. The minimum Gasteiger partial charge on any atom is -0.496 e. The molecule has 1 N–H and O–H groups in total. The summed E-state index contributed by atoms with van der Waals surface area (Å²) in [6, 6.07) is 3.98. The van der Waals surface area contributed by atoms with Gasteiger partial charge in [0.05, 0.1) is 32.2 Å². The van der Waals surface area contributed by atoms with Gasteiger partial charge in [0.25, 0.3) is 0 Å². The minimum atomic E-state index is 0.253. The molecule has 0 fully saturated rings. The Labute approximate surface area is 212 Å². The van der Waals surface area contributed by atoms with Gasteiger partial charge >= 0.3 is 11.6 Å². The maximum Gasteiger partial charge on any atom is 0.323 e. The van der Waals surface area contributed by atoms with E-state index in [0.717, 1.165) is 53.9 Å². The molecule has 0 amide bonds. The van der Waals surface area contributed by atoms with Gasteiger partial charge in [-0.1, -0.05) is 31.6 Å². The number of ether oxygens (including phenoxy) is 2. The maximum absolute atomic E-state index is 5.75. The second-order valence-electron chi connectivity index (χ2n) is 9.93. The Kier molecular flexibility index (Phi) is 6.51. The lowest BCUT2D eigenvalue weighted by Gasteiger charge is -2.24. The highest BCUT2D eigenvalue weighted by Crippen LogP contribution is 2.38. The van der Waals surface area contributed by atoms with Gasteiger partial charge in [-0.3, -0.25) is 0 Å². The lowest BCUT2D eigenvalue weighted by atomic mass is 9.81. The second kappa shape index (κ2) is 9.76. The zero-order valence-electron chi connectivity index (χ0n) is 21.9. The minimum absolute atomic E-state index is 0.253. The third-order valence-electron chi connectivity index (χ3n) is 7.17. The van der Waals surface area contributed by atoms with Crippen molar-refractivity contribution < 1.29 is 14.2 Å². The van der Waals surface area contributed by atoms with Crippen molar-refractivity contribution in [2.24, 2.45) is 11.8 Å². The van der Waals surface area contributed by atoms with Crippen LogP contribution in [0.4, 0.5) is 0 Å². The van der Waals surface area contributed by atoms with Gasteiger partial charge in [0, 0.05) is 12.1 Å². The van der Waals surface area contributed by atoms with Crippen LogP contribution in [-0.4, -0.2) is 38.8 Å². The molecular formula is C28H35N6O2+. The number of H-pyrrole nitrogens is 1. The summed E-state index contributed by atoms with van der Waals surface area (Å²) in [6.45, 7) is 9.49. The van der Waals surface area contributed by atoms with E-state index in [4.69, 9.17) is 19.4 Å². The quantitative estimate of drug-likeness (QED) is 0.504. The van der Waals surface area contributed by atoms with Crippen LogP contribution >= 0.6 is 0 Å². The molecule has 8 nitrogen and oxygen atoms in total. The third-order valence-corrected chi connectivity index (χ3v) is 7.17. The molecular weight excluding hydrogens is 452 g/mol. The largest absolute Gasteiger partial charge is 0.496 e. The van der Waals surface area contributed by atoms with Crippen molar-refractivity contribution in [3.63, 3.8) is 0 Å². The highest BCUT2D eigenvalue weighted by atomic mass is 16.5. The Morgan fingerprint density at radius 1 is 1.14 bits per heavy atom. The lowest BCUT2D eigenvalue weighted by Crippen LogP contribution is -2.45. The van der Waals surface area contributed by atoms with Crippen LogP contribution < -0.4 is 9.42 Å². The maximum atomic E-state index is 5.75. The van der Waals surface area contributed by atoms with E-state index in [9.17, 15) is 0 Å². The summed E-state index contributed by atoms with van der Waals surface area (Å²) in [5, 5.41) is 3.50. The van der Waals surface area contributed by atoms with E-state index in [1.165, 1.54) is 11.1 Å². The van der Waals surface area contributed by atoms with Crippen LogP contribution in [0.25, 0.3) is 17.2 Å². The molecule has 0 saturated heterocycles. The number of hydrogen-bond acceptors (Lipinski definition) is 5. The zero-order valence-corrected chi connectivity index (χ0v) is 21.9. The molecule has 36 heavy (non-hydrogen) atoms. The van der Waals surface area contributed by atoms with Crippen molar-refractivity contribution in [2.75, 3.05) is 14.2 Å². The van der Waals surface area contributed by atoms with Crippen LogP contribution in [0.15, 0.2) is 59.8 Å². The number of nitrogens with zero attached hydrogens (tertiary/aromatic N) is 5. The van der Waals surface area contributed by atoms with Gasteiger partial charge in [-0.25, -0.2) is 9.97 Å². The summed E-state index contributed by atoms with van der Waals surface area (Å²) in [5.74, 6) is 4.23. The van der Waals surface area contributed by atoms with Crippen molar-refractivity contribution in [3.05, 3.63) is 71.3 Å². The van der Waals surface area contributed by atoms with E-state index < -0.39 is 0 Å². The number of nitrogens with one attached hydrogen (secondary N) is 1. The molecule has 3 aromatic rings. The summed E-state index contributed by atoms with van der Waals surface area (Å²) in [4.78, 5) is 14.2. The first kappa shape index (κ1) is 24.0. The topological polar surface area (TPSA) is 81.7 Å². The van der Waals surface area contributed by atoms with E-state index in [1.807, 2.05) is 29.8 Å². The Bertz CT molecular complexity index is 1360. The number of aryl methyl sites for hydroxylation is 2. The zero-order chi connectivity index (χ0) is 25.4. The van der Waals surface area contributed by atoms with E-state index in [1.54, 1.807) is 20.5 Å². The van der Waals surface area contributed by atoms with Crippen LogP contribution in [0, 0.1) is 18.8 Å².